The summed E-state index contributed by atoms with van der Waals surface area (Å²) >= 11 is 0. The molecule has 2 heterocycles. The Bertz CT molecular complexity index is 526. The summed E-state index contributed by atoms with van der Waals surface area (Å²) in [6.07, 6.45) is 3.92. The number of hydrogen-bond donors (Lipinski definition) is 1. The smallest absolute Gasteiger partial charge is 0.0995 e. The molecule has 4 nitrogen and oxygen atoms in total. The molecule has 0 aliphatic carbocycles. The molecule has 18 heavy (non-hydrogen) atoms. The lowest BCUT2D eigenvalue weighted by Crippen LogP contribution is -2.43. The highest BCUT2D eigenvalue weighted by molar-refractivity contribution is 5.53. The van der Waals surface area contributed by atoms with Gasteiger partial charge in [-0.15, -0.1) is 0 Å². The zero-order chi connectivity index (χ0) is 12.4. The zero-order valence-electron chi connectivity index (χ0n) is 10.6. The molecule has 1 aromatic carbocycles. The standard InChI is InChI=1S/C14H18N4/c1-12-10-18(11-16-12)14-4-2-3-13(9-14)17-7-5-15-6-8-17/h2-4,9-11,15H,5-8H2,1H3. The van der Waals surface area contributed by atoms with Gasteiger partial charge in [-0.25, -0.2) is 4.98 Å². The van der Waals surface area contributed by atoms with Gasteiger partial charge < -0.3 is 14.8 Å². The van der Waals surface area contributed by atoms with Crippen LogP contribution < -0.4 is 10.2 Å². The van der Waals surface area contributed by atoms with E-state index in [9.17, 15) is 0 Å². The highest BCUT2D eigenvalue weighted by Gasteiger charge is 2.10. The first-order valence-corrected chi connectivity index (χ1v) is 6.40. The van der Waals surface area contributed by atoms with E-state index in [0.717, 1.165) is 31.9 Å². The predicted octanol–water partition coefficient (Wildman–Crippen LogP) is 1.59. The van der Waals surface area contributed by atoms with Crippen molar-refractivity contribution in [3.63, 3.8) is 0 Å². The zero-order valence-corrected chi connectivity index (χ0v) is 10.6. The summed E-state index contributed by atoms with van der Waals surface area (Å²) in [6, 6.07) is 8.64. The van der Waals surface area contributed by atoms with Gasteiger partial charge in [-0.2, -0.15) is 0 Å². The van der Waals surface area contributed by atoms with Crippen LogP contribution in [0.4, 0.5) is 5.69 Å². The Morgan fingerprint density at radius 1 is 1.17 bits per heavy atom. The average Bonchev–Trinajstić information content (AvgIpc) is 2.87. The highest BCUT2D eigenvalue weighted by Crippen LogP contribution is 2.19. The predicted molar refractivity (Wildman–Crippen MR) is 73.4 cm³/mol. The molecule has 0 unspecified atom stereocenters. The van der Waals surface area contributed by atoms with Gasteiger partial charge in [-0.05, 0) is 25.1 Å². The first kappa shape index (κ1) is 11.3. The molecule has 4 heteroatoms. The molecule has 0 atom stereocenters. The van der Waals surface area contributed by atoms with E-state index in [4.69, 9.17) is 0 Å². The van der Waals surface area contributed by atoms with Gasteiger partial charge in [0.2, 0.25) is 0 Å². The van der Waals surface area contributed by atoms with Gasteiger partial charge in [0.15, 0.2) is 0 Å². The topological polar surface area (TPSA) is 33.1 Å². The van der Waals surface area contributed by atoms with Crippen LogP contribution in [-0.2, 0) is 0 Å². The van der Waals surface area contributed by atoms with Crippen molar-refractivity contribution in [3.8, 4) is 5.69 Å². The van der Waals surface area contributed by atoms with Gasteiger partial charge in [0.05, 0.1) is 12.0 Å². The maximum absolute atomic E-state index is 4.27. The maximum atomic E-state index is 4.27. The minimum absolute atomic E-state index is 1.04. The van der Waals surface area contributed by atoms with Crippen LogP contribution in [0, 0.1) is 6.92 Å². The molecule has 3 rings (SSSR count). The van der Waals surface area contributed by atoms with Crippen LogP contribution in [0.3, 0.4) is 0 Å². The summed E-state index contributed by atoms with van der Waals surface area (Å²) in [6.45, 7) is 6.29. The number of benzene rings is 1. The lowest BCUT2D eigenvalue weighted by molar-refractivity contribution is 0.589. The summed E-state index contributed by atoms with van der Waals surface area (Å²) in [5.74, 6) is 0. The van der Waals surface area contributed by atoms with Crippen molar-refractivity contribution in [2.75, 3.05) is 31.1 Å². The van der Waals surface area contributed by atoms with Crippen molar-refractivity contribution < 1.29 is 0 Å². The van der Waals surface area contributed by atoms with Crippen LogP contribution >= 0.6 is 0 Å². The molecule has 1 fully saturated rings. The molecule has 1 aliphatic heterocycles. The van der Waals surface area contributed by atoms with Gasteiger partial charge in [-0.1, -0.05) is 6.07 Å². The quantitative estimate of drug-likeness (QED) is 0.868. The number of piperazine rings is 1. The van der Waals surface area contributed by atoms with Crippen molar-refractivity contribution in [1.82, 2.24) is 14.9 Å². The fourth-order valence-corrected chi connectivity index (χ4v) is 2.34. The van der Waals surface area contributed by atoms with Crippen molar-refractivity contribution in [1.29, 1.82) is 0 Å². The molecule has 1 saturated heterocycles. The average molecular weight is 242 g/mol. The molecular formula is C14H18N4. The largest absolute Gasteiger partial charge is 0.369 e. The fraction of sp³-hybridized carbons (Fsp3) is 0.357. The first-order chi connectivity index (χ1) is 8.83. The molecule has 94 valence electrons. The van der Waals surface area contributed by atoms with E-state index in [1.54, 1.807) is 0 Å². The molecule has 0 bridgehead atoms. The van der Waals surface area contributed by atoms with Crippen molar-refractivity contribution in [2.45, 2.75) is 6.92 Å². The van der Waals surface area contributed by atoms with E-state index in [0.29, 0.717) is 0 Å². The van der Waals surface area contributed by atoms with Crippen LogP contribution in [0.5, 0.6) is 0 Å². The monoisotopic (exact) mass is 242 g/mol. The second kappa shape index (κ2) is 4.82. The number of nitrogens with one attached hydrogen (secondary N) is 1. The van der Waals surface area contributed by atoms with E-state index in [2.05, 4.69) is 50.2 Å². The Kier molecular flexibility index (Phi) is 3.02. The number of anilines is 1. The molecule has 1 aromatic heterocycles. The van der Waals surface area contributed by atoms with Gasteiger partial charge in [0.1, 0.15) is 0 Å². The van der Waals surface area contributed by atoms with E-state index in [1.807, 2.05) is 13.3 Å². The fourth-order valence-electron chi connectivity index (χ4n) is 2.34. The third-order valence-corrected chi connectivity index (χ3v) is 3.32. The van der Waals surface area contributed by atoms with Crippen LogP contribution in [0.1, 0.15) is 5.69 Å². The lowest BCUT2D eigenvalue weighted by Gasteiger charge is -2.29. The first-order valence-electron chi connectivity index (χ1n) is 6.40. The maximum Gasteiger partial charge on any atom is 0.0995 e. The third kappa shape index (κ3) is 2.24. The molecule has 2 aromatic rings. The minimum Gasteiger partial charge on any atom is -0.369 e. The number of aryl methyl sites for hydroxylation is 1. The molecule has 1 aliphatic rings. The number of rotatable bonds is 2. The molecule has 0 saturated carbocycles. The van der Waals surface area contributed by atoms with E-state index < -0.39 is 0 Å². The number of hydrogen-bond acceptors (Lipinski definition) is 3. The summed E-state index contributed by atoms with van der Waals surface area (Å²) in [7, 11) is 0. The van der Waals surface area contributed by atoms with Crippen molar-refractivity contribution in [2.24, 2.45) is 0 Å². The highest BCUT2D eigenvalue weighted by atomic mass is 15.2. The van der Waals surface area contributed by atoms with Crippen molar-refractivity contribution in [3.05, 3.63) is 42.5 Å². The second-order valence-electron chi connectivity index (χ2n) is 4.68. The Balaban J connectivity index is 1.88. The molecule has 0 spiro atoms. The molecule has 0 radical (unpaired) electrons. The van der Waals surface area contributed by atoms with E-state index >= 15 is 0 Å². The number of nitrogens with zero attached hydrogens (tertiary/aromatic N) is 3. The molecule has 0 amide bonds. The van der Waals surface area contributed by atoms with Gasteiger partial charge in [0.25, 0.3) is 0 Å². The minimum atomic E-state index is 1.04. The Morgan fingerprint density at radius 2 is 1.94 bits per heavy atom. The van der Waals surface area contributed by atoms with Crippen LogP contribution in [-0.4, -0.2) is 35.7 Å². The summed E-state index contributed by atoms with van der Waals surface area (Å²) in [5, 5.41) is 3.38. The number of aromatic nitrogens is 2. The second-order valence-corrected chi connectivity index (χ2v) is 4.68. The van der Waals surface area contributed by atoms with Gasteiger partial charge >= 0.3 is 0 Å². The number of imidazole rings is 1. The Labute approximate surface area is 107 Å². The van der Waals surface area contributed by atoms with Crippen molar-refractivity contribution >= 4 is 5.69 Å². The summed E-state index contributed by atoms with van der Waals surface area (Å²) in [5.41, 5.74) is 3.51. The van der Waals surface area contributed by atoms with Gasteiger partial charge in [-0.3, -0.25) is 0 Å². The lowest BCUT2D eigenvalue weighted by atomic mass is 10.2. The molecular weight excluding hydrogens is 224 g/mol. The van der Waals surface area contributed by atoms with Gasteiger partial charge in [0, 0.05) is 43.8 Å². The van der Waals surface area contributed by atoms with Crippen LogP contribution in [0.25, 0.3) is 5.69 Å². The Hall–Kier alpha value is -1.81. The van der Waals surface area contributed by atoms with E-state index in [-0.39, 0.29) is 0 Å². The summed E-state index contributed by atoms with van der Waals surface area (Å²) in [4.78, 5) is 6.69. The molecule has 1 N–H and O–H groups in total. The summed E-state index contributed by atoms with van der Waals surface area (Å²) < 4.78 is 2.07. The normalized spacial score (nSPS) is 15.9. The third-order valence-electron chi connectivity index (χ3n) is 3.32. The van der Waals surface area contributed by atoms with E-state index in [1.165, 1.54) is 11.4 Å². The Morgan fingerprint density at radius 3 is 2.67 bits per heavy atom. The van der Waals surface area contributed by atoms with Crippen LogP contribution in [0.2, 0.25) is 0 Å². The van der Waals surface area contributed by atoms with Crippen LogP contribution in [0.15, 0.2) is 36.8 Å². The SMILES string of the molecule is Cc1cn(-c2cccc(N3CCNCC3)c2)cn1.